The van der Waals surface area contributed by atoms with Crippen molar-refractivity contribution in [3.05, 3.63) is 35.5 Å². The zero-order chi connectivity index (χ0) is 15.1. The molecule has 2 aromatic heterocycles. The lowest BCUT2D eigenvalue weighted by atomic mass is 10.1. The van der Waals surface area contributed by atoms with E-state index in [4.69, 9.17) is 10.3 Å². The van der Waals surface area contributed by atoms with Crippen LogP contribution < -0.4 is 5.73 Å². The monoisotopic (exact) mass is 298 g/mol. The van der Waals surface area contributed by atoms with Crippen LogP contribution in [-0.2, 0) is 24.3 Å². The predicted octanol–water partition coefficient (Wildman–Crippen LogP) is 0.586. The van der Waals surface area contributed by atoms with E-state index in [-0.39, 0.29) is 12.5 Å². The summed E-state index contributed by atoms with van der Waals surface area (Å²) < 4.78 is 6.59. The summed E-state index contributed by atoms with van der Waals surface area (Å²) in [6.45, 7) is 1.18. The Kier molecular flexibility index (Phi) is 2.81. The molecule has 0 saturated heterocycles. The lowest BCUT2D eigenvalue weighted by Crippen LogP contribution is -2.38. The molecule has 4 rings (SSSR count). The summed E-state index contributed by atoms with van der Waals surface area (Å²) in [6.07, 6.45) is 0.653. The Bertz CT molecular complexity index is 852. The van der Waals surface area contributed by atoms with Gasteiger partial charge in [-0.15, -0.1) is 5.10 Å². The van der Waals surface area contributed by atoms with E-state index < -0.39 is 0 Å². The van der Waals surface area contributed by atoms with Gasteiger partial charge < -0.3 is 15.2 Å². The maximum atomic E-state index is 12.5. The Morgan fingerprint density at radius 2 is 2.23 bits per heavy atom. The summed E-state index contributed by atoms with van der Waals surface area (Å²) >= 11 is 0. The molecule has 0 aliphatic carbocycles. The summed E-state index contributed by atoms with van der Waals surface area (Å²) in [5.41, 5.74) is 9.01. The number of carbonyl (C=O) groups excluding carboxylic acids is 1. The number of benzene rings is 1. The molecular weight excluding hydrogens is 284 g/mol. The van der Waals surface area contributed by atoms with Crippen LogP contribution in [0.15, 0.2) is 28.8 Å². The van der Waals surface area contributed by atoms with Gasteiger partial charge in [0.15, 0.2) is 0 Å². The van der Waals surface area contributed by atoms with Gasteiger partial charge in [0, 0.05) is 13.0 Å². The van der Waals surface area contributed by atoms with Gasteiger partial charge >= 0.3 is 0 Å². The maximum absolute atomic E-state index is 12.5. The number of carbonyl (C=O) groups is 1. The predicted molar refractivity (Wildman–Crippen MR) is 77.6 cm³/mol. The number of fused-ring (bicyclic) bond motifs is 2. The highest BCUT2D eigenvalue weighted by molar-refractivity contribution is 5.80. The highest BCUT2D eigenvalue weighted by Gasteiger charge is 2.26. The number of nitrogen functional groups attached to an aromatic ring is 1. The van der Waals surface area contributed by atoms with Gasteiger partial charge in [-0.05, 0) is 12.1 Å². The molecular formula is C14H14N6O2. The standard InChI is InChI=1S/C14H14N6O2/c15-14-9-7-19(6-5-10(9)17-22-14)13(21)8-20-12-4-2-1-3-11(12)16-18-20/h1-4H,5-8,15H2. The average molecular weight is 298 g/mol. The number of hydrogen-bond acceptors (Lipinski definition) is 6. The van der Waals surface area contributed by atoms with E-state index in [1.165, 1.54) is 0 Å². The molecule has 1 aliphatic rings. The SMILES string of the molecule is Nc1onc2c1CN(C(=O)Cn1nnc3ccccc31)CC2. The molecule has 2 N–H and O–H groups in total. The van der Waals surface area contributed by atoms with Gasteiger partial charge in [0.25, 0.3) is 0 Å². The van der Waals surface area contributed by atoms with Crippen molar-refractivity contribution in [3.63, 3.8) is 0 Å². The van der Waals surface area contributed by atoms with E-state index in [1.807, 2.05) is 24.3 Å². The summed E-state index contributed by atoms with van der Waals surface area (Å²) in [7, 11) is 0. The number of hydrogen-bond donors (Lipinski definition) is 1. The van der Waals surface area contributed by atoms with Crippen LogP contribution in [0.1, 0.15) is 11.3 Å². The zero-order valence-electron chi connectivity index (χ0n) is 11.8. The van der Waals surface area contributed by atoms with Crippen LogP contribution in [0.5, 0.6) is 0 Å². The molecule has 0 unspecified atom stereocenters. The third-order valence-electron chi connectivity index (χ3n) is 3.93. The van der Waals surface area contributed by atoms with Crippen LogP contribution in [0.4, 0.5) is 5.88 Å². The molecule has 8 nitrogen and oxygen atoms in total. The van der Waals surface area contributed by atoms with E-state index in [2.05, 4.69) is 15.5 Å². The van der Waals surface area contributed by atoms with Crippen molar-refractivity contribution in [2.75, 3.05) is 12.3 Å². The molecule has 1 aromatic carbocycles. The summed E-state index contributed by atoms with van der Waals surface area (Å²) in [4.78, 5) is 14.2. The van der Waals surface area contributed by atoms with Gasteiger partial charge in [-0.1, -0.05) is 22.5 Å². The van der Waals surface area contributed by atoms with E-state index >= 15 is 0 Å². The van der Waals surface area contributed by atoms with Gasteiger partial charge in [0.05, 0.1) is 23.3 Å². The lowest BCUT2D eigenvalue weighted by Gasteiger charge is -2.26. The summed E-state index contributed by atoms with van der Waals surface area (Å²) in [5.74, 6) is 0.264. The number of rotatable bonds is 2. The Morgan fingerprint density at radius 3 is 3.14 bits per heavy atom. The Labute approximate surface area is 125 Å². The van der Waals surface area contributed by atoms with Crippen molar-refractivity contribution in [2.45, 2.75) is 19.5 Å². The Morgan fingerprint density at radius 1 is 1.36 bits per heavy atom. The minimum Gasteiger partial charge on any atom is -0.367 e. The van der Waals surface area contributed by atoms with Crippen LogP contribution in [0.2, 0.25) is 0 Å². The zero-order valence-corrected chi connectivity index (χ0v) is 11.8. The second kappa shape index (κ2) is 4.83. The molecule has 8 heteroatoms. The summed E-state index contributed by atoms with van der Waals surface area (Å²) in [6, 6.07) is 7.56. The highest BCUT2D eigenvalue weighted by Crippen LogP contribution is 2.24. The quantitative estimate of drug-likeness (QED) is 0.742. The third-order valence-corrected chi connectivity index (χ3v) is 3.93. The molecule has 1 amide bonds. The molecule has 0 fully saturated rings. The van der Waals surface area contributed by atoms with Crippen LogP contribution >= 0.6 is 0 Å². The van der Waals surface area contributed by atoms with Crippen molar-refractivity contribution in [1.29, 1.82) is 0 Å². The van der Waals surface area contributed by atoms with Crippen LogP contribution in [-0.4, -0.2) is 37.5 Å². The van der Waals surface area contributed by atoms with E-state index in [1.54, 1.807) is 9.58 Å². The smallest absolute Gasteiger partial charge is 0.244 e. The second-order valence-corrected chi connectivity index (χ2v) is 5.27. The lowest BCUT2D eigenvalue weighted by molar-refractivity contribution is -0.132. The number of nitrogens with zero attached hydrogens (tertiary/aromatic N) is 5. The number of amides is 1. The second-order valence-electron chi connectivity index (χ2n) is 5.27. The van der Waals surface area contributed by atoms with Gasteiger partial charge in [-0.2, -0.15) is 0 Å². The fourth-order valence-corrected chi connectivity index (χ4v) is 2.71. The minimum atomic E-state index is -0.0260. The molecule has 0 atom stereocenters. The van der Waals surface area contributed by atoms with Gasteiger partial charge in [0.2, 0.25) is 11.8 Å². The molecule has 0 radical (unpaired) electrons. The van der Waals surface area contributed by atoms with E-state index in [9.17, 15) is 4.79 Å². The molecule has 22 heavy (non-hydrogen) atoms. The van der Waals surface area contributed by atoms with Crippen LogP contribution in [0.3, 0.4) is 0 Å². The first-order valence-corrected chi connectivity index (χ1v) is 7.01. The van der Waals surface area contributed by atoms with Crippen molar-refractivity contribution in [3.8, 4) is 0 Å². The molecule has 3 aromatic rings. The first kappa shape index (κ1) is 12.8. The van der Waals surface area contributed by atoms with E-state index in [0.717, 1.165) is 22.3 Å². The van der Waals surface area contributed by atoms with Crippen LogP contribution in [0, 0.1) is 0 Å². The van der Waals surface area contributed by atoms with Crippen molar-refractivity contribution in [2.24, 2.45) is 0 Å². The average Bonchev–Trinajstić information content (AvgIpc) is 3.12. The molecule has 0 spiro atoms. The minimum absolute atomic E-state index is 0.0260. The maximum Gasteiger partial charge on any atom is 0.244 e. The van der Waals surface area contributed by atoms with Gasteiger partial charge in [0.1, 0.15) is 12.1 Å². The first-order valence-electron chi connectivity index (χ1n) is 7.01. The molecule has 3 heterocycles. The van der Waals surface area contributed by atoms with Crippen molar-refractivity contribution >= 4 is 22.8 Å². The number of aromatic nitrogens is 4. The van der Waals surface area contributed by atoms with Gasteiger partial charge in [-0.25, -0.2) is 4.68 Å². The Hall–Kier alpha value is -2.90. The topological polar surface area (TPSA) is 103 Å². The normalized spacial score (nSPS) is 14.3. The van der Waals surface area contributed by atoms with Crippen LogP contribution in [0.25, 0.3) is 11.0 Å². The van der Waals surface area contributed by atoms with Gasteiger partial charge in [-0.3, -0.25) is 4.79 Å². The molecule has 0 bridgehead atoms. The van der Waals surface area contributed by atoms with Crippen molar-refractivity contribution < 1.29 is 9.32 Å². The fourth-order valence-electron chi connectivity index (χ4n) is 2.71. The van der Waals surface area contributed by atoms with E-state index in [0.29, 0.717) is 25.4 Å². The molecule has 0 saturated carbocycles. The molecule has 112 valence electrons. The number of anilines is 1. The largest absolute Gasteiger partial charge is 0.367 e. The third kappa shape index (κ3) is 2.00. The highest BCUT2D eigenvalue weighted by atomic mass is 16.5. The summed E-state index contributed by atoms with van der Waals surface area (Å²) in [5, 5.41) is 12.0. The number of para-hydroxylation sites is 1. The Balaban J connectivity index is 1.55. The first-order chi connectivity index (χ1) is 10.7. The van der Waals surface area contributed by atoms with Crippen molar-refractivity contribution in [1.82, 2.24) is 25.1 Å². The molecule has 1 aliphatic heterocycles. The fraction of sp³-hybridized carbons (Fsp3) is 0.286. The number of nitrogens with two attached hydrogens (primary N) is 1.